The van der Waals surface area contributed by atoms with Crippen LogP contribution in [0.5, 0.6) is 0 Å². The molecule has 7 heteroatoms. The van der Waals surface area contributed by atoms with E-state index in [1.165, 1.54) is 31.4 Å². The summed E-state index contributed by atoms with van der Waals surface area (Å²) in [6.07, 6.45) is 5.92. The van der Waals surface area contributed by atoms with E-state index in [0.29, 0.717) is 18.5 Å². The minimum Gasteiger partial charge on any atom is -0.356 e. The molecule has 0 aromatic heterocycles. The second-order valence-electron chi connectivity index (χ2n) is 7.17. The Morgan fingerprint density at radius 2 is 1.93 bits per heavy atom. The number of piperidine rings is 1. The number of halogens is 1. The van der Waals surface area contributed by atoms with E-state index in [4.69, 9.17) is 0 Å². The van der Waals surface area contributed by atoms with Crippen LogP contribution in [0.25, 0.3) is 0 Å². The number of aliphatic imine (C=N–C) groups is 1. The van der Waals surface area contributed by atoms with Gasteiger partial charge in [-0.3, -0.25) is 9.79 Å². The van der Waals surface area contributed by atoms with Gasteiger partial charge in [-0.25, -0.2) is 0 Å². The highest BCUT2D eigenvalue weighted by atomic mass is 127. The molecule has 0 radical (unpaired) electrons. The van der Waals surface area contributed by atoms with Gasteiger partial charge in [0.2, 0.25) is 5.91 Å². The van der Waals surface area contributed by atoms with Crippen molar-refractivity contribution in [2.75, 3.05) is 39.8 Å². The minimum absolute atomic E-state index is 0. The van der Waals surface area contributed by atoms with Gasteiger partial charge >= 0.3 is 0 Å². The van der Waals surface area contributed by atoms with Crippen molar-refractivity contribution in [2.45, 2.75) is 45.1 Å². The second-order valence-corrected chi connectivity index (χ2v) is 7.17. The van der Waals surface area contributed by atoms with Crippen LogP contribution in [0.3, 0.4) is 0 Å². The third-order valence-electron chi connectivity index (χ3n) is 5.07. The lowest BCUT2D eigenvalue weighted by molar-refractivity contribution is -0.119. The summed E-state index contributed by atoms with van der Waals surface area (Å²) in [4.78, 5) is 18.7. The van der Waals surface area contributed by atoms with E-state index < -0.39 is 0 Å². The molecule has 0 aliphatic carbocycles. The van der Waals surface area contributed by atoms with Crippen molar-refractivity contribution >= 4 is 35.8 Å². The van der Waals surface area contributed by atoms with Gasteiger partial charge in [0.25, 0.3) is 0 Å². The first-order valence-electron chi connectivity index (χ1n) is 10.2. The van der Waals surface area contributed by atoms with E-state index in [1.807, 2.05) is 18.2 Å². The van der Waals surface area contributed by atoms with Crippen molar-refractivity contribution < 1.29 is 4.79 Å². The molecule has 1 aromatic rings. The van der Waals surface area contributed by atoms with Crippen LogP contribution in [0, 0.1) is 0 Å². The highest BCUT2D eigenvalue weighted by molar-refractivity contribution is 14.0. The van der Waals surface area contributed by atoms with Crippen molar-refractivity contribution in [3.63, 3.8) is 0 Å². The zero-order chi connectivity index (χ0) is 19.3. The van der Waals surface area contributed by atoms with Gasteiger partial charge in [0.05, 0.1) is 6.54 Å². The van der Waals surface area contributed by atoms with E-state index in [0.717, 1.165) is 25.9 Å². The Hall–Kier alpha value is -1.35. The van der Waals surface area contributed by atoms with Gasteiger partial charge in [0.15, 0.2) is 5.96 Å². The van der Waals surface area contributed by atoms with E-state index in [1.54, 1.807) is 7.05 Å². The van der Waals surface area contributed by atoms with E-state index in [-0.39, 0.29) is 36.4 Å². The number of rotatable bonds is 9. The quantitative estimate of drug-likeness (QED) is 0.211. The number of benzene rings is 1. The molecule has 0 spiro atoms. The second kappa shape index (κ2) is 14.6. The number of amides is 1. The Labute approximate surface area is 187 Å². The molecule has 0 bridgehead atoms. The molecule has 1 aromatic carbocycles. The third-order valence-corrected chi connectivity index (χ3v) is 5.07. The average Bonchev–Trinajstić information content (AvgIpc) is 2.69. The first kappa shape index (κ1) is 24.7. The Morgan fingerprint density at radius 1 is 1.14 bits per heavy atom. The van der Waals surface area contributed by atoms with Crippen LogP contribution < -0.4 is 16.0 Å². The van der Waals surface area contributed by atoms with Crippen molar-refractivity contribution in [2.24, 2.45) is 4.99 Å². The summed E-state index contributed by atoms with van der Waals surface area (Å²) >= 11 is 0. The van der Waals surface area contributed by atoms with Gasteiger partial charge in [0.1, 0.15) is 0 Å². The molecule has 1 aliphatic rings. The SMILES string of the molecule is CN=C(NCCCN1CCCCC1C)NCC(=O)NCCc1ccccc1.I. The van der Waals surface area contributed by atoms with E-state index >= 15 is 0 Å². The summed E-state index contributed by atoms with van der Waals surface area (Å²) in [6, 6.07) is 10.9. The van der Waals surface area contributed by atoms with Gasteiger partial charge in [-0.1, -0.05) is 36.8 Å². The maximum Gasteiger partial charge on any atom is 0.239 e. The van der Waals surface area contributed by atoms with Crippen molar-refractivity contribution in [3.8, 4) is 0 Å². The number of hydrogen-bond donors (Lipinski definition) is 3. The summed E-state index contributed by atoms with van der Waals surface area (Å²) < 4.78 is 0. The molecule has 1 heterocycles. The number of likely N-dealkylation sites (tertiary alicyclic amines) is 1. The summed E-state index contributed by atoms with van der Waals surface area (Å²) in [5.74, 6) is 0.663. The predicted molar refractivity (Wildman–Crippen MR) is 127 cm³/mol. The molecular formula is C21H36IN5O. The normalized spacial score (nSPS) is 17.5. The number of hydrogen-bond acceptors (Lipinski definition) is 3. The Bertz CT molecular complexity index is 581. The molecule has 0 saturated carbocycles. The minimum atomic E-state index is -0.0176. The fraction of sp³-hybridized carbons (Fsp3) is 0.619. The topological polar surface area (TPSA) is 68.8 Å². The third kappa shape index (κ3) is 9.73. The number of guanidine groups is 1. The average molecular weight is 501 g/mol. The van der Waals surface area contributed by atoms with Crippen LogP contribution in [-0.4, -0.2) is 62.6 Å². The molecule has 1 saturated heterocycles. The highest BCUT2D eigenvalue weighted by Gasteiger charge is 2.17. The molecule has 1 atom stereocenters. The maximum absolute atomic E-state index is 12.0. The summed E-state index contributed by atoms with van der Waals surface area (Å²) in [7, 11) is 1.73. The number of carbonyl (C=O) groups excluding carboxylic acids is 1. The number of nitrogens with zero attached hydrogens (tertiary/aromatic N) is 2. The molecule has 1 fully saturated rings. The number of nitrogens with one attached hydrogen (secondary N) is 3. The van der Waals surface area contributed by atoms with Crippen LogP contribution >= 0.6 is 24.0 Å². The van der Waals surface area contributed by atoms with Gasteiger partial charge in [-0.05, 0) is 44.7 Å². The molecule has 2 rings (SSSR count). The van der Waals surface area contributed by atoms with Gasteiger partial charge in [-0.15, -0.1) is 24.0 Å². The Kier molecular flexibility index (Phi) is 12.9. The van der Waals surface area contributed by atoms with Crippen LogP contribution in [-0.2, 0) is 11.2 Å². The fourth-order valence-corrected chi connectivity index (χ4v) is 3.42. The van der Waals surface area contributed by atoms with Crippen LogP contribution in [0.15, 0.2) is 35.3 Å². The summed E-state index contributed by atoms with van der Waals surface area (Å²) in [5.41, 5.74) is 1.23. The van der Waals surface area contributed by atoms with E-state index in [2.05, 4.69) is 44.9 Å². The lowest BCUT2D eigenvalue weighted by Crippen LogP contribution is -2.44. The van der Waals surface area contributed by atoms with Gasteiger partial charge < -0.3 is 20.9 Å². The molecular weight excluding hydrogens is 465 g/mol. The lowest BCUT2D eigenvalue weighted by Gasteiger charge is -2.33. The Morgan fingerprint density at radius 3 is 2.64 bits per heavy atom. The standard InChI is InChI=1S/C21H35N5O.HI/c1-18-9-6-7-15-26(18)16-8-13-24-21(22-2)25-17-20(27)23-14-12-19-10-4-3-5-11-19;/h3-5,10-11,18H,6-9,12-17H2,1-2H3,(H,23,27)(H2,22,24,25);1H. The molecule has 28 heavy (non-hydrogen) atoms. The van der Waals surface area contributed by atoms with Crippen LogP contribution in [0.2, 0.25) is 0 Å². The Balaban J connectivity index is 0.00000392. The molecule has 6 nitrogen and oxygen atoms in total. The first-order valence-corrected chi connectivity index (χ1v) is 10.2. The number of carbonyl (C=O) groups is 1. The van der Waals surface area contributed by atoms with Crippen molar-refractivity contribution in [3.05, 3.63) is 35.9 Å². The molecule has 158 valence electrons. The van der Waals surface area contributed by atoms with Crippen LogP contribution in [0.4, 0.5) is 0 Å². The van der Waals surface area contributed by atoms with Crippen molar-refractivity contribution in [1.82, 2.24) is 20.9 Å². The molecule has 1 aliphatic heterocycles. The predicted octanol–water partition coefficient (Wildman–Crippen LogP) is 2.39. The molecule has 1 unspecified atom stereocenters. The fourth-order valence-electron chi connectivity index (χ4n) is 3.42. The molecule has 1 amide bonds. The van der Waals surface area contributed by atoms with Crippen molar-refractivity contribution in [1.29, 1.82) is 0 Å². The maximum atomic E-state index is 12.0. The summed E-state index contributed by atoms with van der Waals surface area (Å²) in [6.45, 7) is 6.40. The largest absolute Gasteiger partial charge is 0.356 e. The van der Waals surface area contributed by atoms with Crippen LogP contribution in [0.1, 0.15) is 38.2 Å². The first-order chi connectivity index (χ1) is 13.2. The lowest BCUT2D eigenvalue weighted by atomic mass is 10.0. The van der Waals surface area contributed by atoms with Gasteiger partial charge in [-0.2, -0.15) is 0 Å². The highest BCUT2D eigenvalue weighted by Crippen LogP contribution is 2.15. The summed E-state index contributed by atoms with van der Waals surface area (Å²) in [5, 5.41) is 9.31. The zero-order valence-corrected chi connectivity index (χ0v) is 19.6. The monoisotopic (exact) mass is 501 g/mol. The smallest absolute Gasteiger partial charge is 0.239 e. The van der Waals surface area contributed by atoms with Gasteiger partial charge in [0, 0.05) is 32.7 Å². The molecule has 3 N–H and O–H groups in total. The zero-order valence-electron chi connectivity index (χ0n) is 17.2. The van der Waals surface area contributed by atoms with E-state index in [9.17, 15) is 4.79 Å².